The van der Waals surface area contributed by atoms with Crippen LogP contribution in [-0.2, 0) is 23.1 Å². The van der Waals surface area contributed by atoms with Crippen molar-refractivity contribution >= 4 is 16.9 Å². The fraction of sp³-hybridized carbons (Fsp3) is 0.524. The van der Waals surface area contributed by atoms with Gasteiger partial charge in [-0.15, -0.1) is 10.2 Å². The summed E-state index contributed by atoms with van der Waals surface area (Å²) in [6.45, 7) is 6.13. The standard InChI is InChI=1S/C21H27N5O2/c1-15-12-25(9-11-27-15)21-23-22-20(26(21)13-16-6-5-10-28-16)18-14-24(2)19-8-4-3-7-17(18)19/h3-4,7-8,14-16H,5-6,9-13H2,1-2H3. The molecular formula is C21H27N5O2. The molecule has 3 aromatic rings. The monoisotopic (exact) mass is 381 g/mol. The van der Waals surface area contributed by atoms with Crippen LogP contribution >= 0.6 is 0 Å². The first kappa shape index (κ1) is 17.7. The van der Waals surface area contributed by atoms with Crippen molar-refractivity contribution in [3.05, 3.63) is 30.5 Å². The van der Waals surface area contributed by atoms with Gasteiger partial charge in [0.05, 0.1) is 25.4 Å². The highest BCUT2D eigenvalue weighted by Gasteiger charge is 2.27. The maximum absolute atomic E-state index is 5.95. The highest BCUT2D eigenvalue weighted by molar-refractivity contribution is 5.94. The minimum atomic E-state index is 0.197. The number of hydrogen-bond acceptors (Lipinski definition) is 5. The molecule has 2 aliphatic heterocycles. The number of morpholine rings is 1. The van der Waals surface area contributed by atoms with E-state index < -0.39 is 0 Å². The smallest absolute Gasteiger partial charge is 0.227 e. The van der Waals surface area contributed by atoms with Crippen molar-refractivity contribution in [3.63, 3.8) is 0 Å². The van der Waals surface area contributed by atoms with E-state index in [9.17, 15) is 0 Å². The number of nitrogens with zero attached hydrogens (tertiary/aromatic N) is 5. The van der Waals surface area contributed by atoms with Gasteiger partial charge in [-0.05, 0) is 25.8 Å². The lowest BCUT2D eigenvalue weighted by Crippen LogP contribution is -2.42. The topological polar surface area (TPSA) is 57.3 Å². The van der Waals surface area contributed by atoms with E-state index >= 15 is 0 Å². The molecule has 1 aromatic carbocycles. The van der Waals surface area contributed by atoms with Crippen LogP contribution in [0.3, 0.4) is 0 Å². The average molecular weight is 381 g/mol. The van der Waals surface area contributed by atoms with Crippen molar-refractivity contribution in [1.82, 2.24) is 19.3 Å². The molecule has 5 rings (SSSR count). The number of benzene rings is 1. The Morgan fingerprint density at radius 1 is 1.14 bits per heavy atom. The van der Waals surface area contributed by atoms with Crippen LogP contribution < -0.4 is 4.90 Å². The normalized spacial score (nSPS) is 23.0. The largest absolute Gasteiger partial charge is 0.376 e. The summed E-state index contributed by atoms with van der Waals surface area (Å²) >= 11 is 0. The lowest BCUT2D eigenvalue weighted by molar-refractivity contribution is 0.0519. The van der Waals surface area contributed by atoms with E-state index in [4.69, 9.17) is 9.47 Å². The van der Waals surface area contributed by atoms with Gasteiger partial charge in [0.25, 0.3) is 0 Å². The van der Waals surface area contributed by atoms with E-state index in [0.717, 1.165) is 63.0 Å². The Balaban J connectivity index is 1.60. The SMILES string of the molecule is CC1CN(c2nnc(-c3cn(C)c4ccccc34)n2CC2CCCO2)CCO1. The predicted molar refractivity (Wildman–Crippen MR) is 109 cm³/mol. The van der Waals surface area contributed by atoms with Crippen LogP contribution in [0.25, 0.3) is 22.3 Å². The lowest BCUT2D eigenvalue weighted by atomic mass is 10.1. The molecular weight excluding hydrogens is 354 g/mol. The number of aryl methyl sites for hydroxylation is 1. The van der Waals surface area contributed by atoms with Crippen LogP contribution in [0, 0.1) is 0 Å². The van der Waals surface area contributed by atoms with Gasteiger partial charge in [0.2, 0.25) is 5.95 Å². The number of ether oxygens (including phenoxy) is 2. The molecule has 0 bridgehead atoms. The molecule has 0 amide bonds. The average Bonchev–Trinajstić information content (AvgIpc) is 3.42. The Kier molecular flexibility index (Phi) is 4.56. The van der Waals surface area contributed by atoms with Gasteiger partial charge in [0.1, 0.15) is 0 Å². The summed E-state index contributed by atoms with van der Waals surface area (Å²) in [5.41, 5.74) is 2.32. The van der Waals surface area contributed by atoms with E-state index in [1.165, 1.54) is 10.9 Å². The summed E-state index contributed by atoms with van der Waals surface area (Å²) < 4.78 is 16.1. The first-order valence-electron chi connectivity index (χ1n) is 10.2. The second-order valence-corrected chi connectivity index (χ2v) is 7.87. The maximum Gasteiger partial charge on any atom is 0.227 e. The van der Waals surface area contributed by atoms with E-state index in [0.29, 0.717) is 0 Å². The number of aromatic nitrogens is 4. The molecule has 2 aromatic heterocycles. The Morgan fingerprint density at radius 2 is 2.04 bits per heavy atom. The molecule has 7 heteroatoms. The molecule has 0 spiro atoms. The Bertz CT molecular complexity index is 972. The zero-order chi connectivity index (χ0) is 19.1. The molecule has 2 saturated heterocycles. The predicted octanol–water partition coefficient (Wildman–Crippen LogP) is 2.84. The van der Waals surface area contributed by atoms with E-state index in [1.807, 2.05) is 0 Å². The lowest BCUT2D eigenvalue weighted by Gasteiger charge is -2.32. The molecule has 28 heavy (non-hydrogen) atoms. The third kappa shape index (κ3) is 3.08. The van der Waals surface area contributed by atoms with Crippen LogP contribution in [0.5, 0.6) is 0 Å². The first-order valence-corrected chi connectivity index (χ1v) is 10.2. The van der Waals surface area contributed by atoms with Crippen LogP contribution in [0.2, 0.25) is 0 Å². The summed E-state index contributed by atoms with van der Waals surface area (Å²) in [5.74, 6) is 1.84. The Morgan fingerprint density at radius 3 is 2.86 bits per heavy atom. The fourth-order valence-corrected chi connectivity index (χ4v) is 4.41. The number of hydrogen-bond donors (Lipinski definition) is 0. The van der Waals surface area contributed by atoms with Gasteiger partial charge in [0.15, 0.2) is 5.82 Å². The Hall–Kier alpha value is -2.38. The van der Waals surface area contributed by atoms with Crippen molar-refractivity contribution in [1.29, 1.82) is 0 Å². The van der Waals surface area contributed by atoms with Gasteiger partial charge >= 0.3 is 0 Å². The maximum atomic E-state index is 5.95. The molecule has 2 unspecified atom stereocenters. The summed E-state index contributed by atoms with van der Waals surface area (Å²) in [6, 6.07) is 8.46. The summed E-state index contributed by atoms with van der Waals surface area (Å²) in [6.07, 6.45) is 4.79. The zero-order valence-electron chi connectivity index (χ0n) is 16.5. The zero-order valence-corrected chi connectivity index (χ0v) is 16.5. The van der Waals surface area contributed by atoms with Crippen molar-refractivity contribution in [2.24, 2.45) is 7.05 Å². The second-order valence-electron chi connectivity index (χ2n) is 7.87. The molecule has 7 nitrogen and oxygen atoms in total. The van der Waals surface area contributed by atoms with E-state index in [-0.39, 0.29) is 12.2 Å². The van der Waals surface area contributed by atoms with Crippen molar-refractivity contribution < 1.29 is 9.47 Å². The third-order valence-electron chi connectivity index (χ3n) is 5.80. The van der Waals surface area contributed by atoms with E-state index in [2.05, 4.69) is 68.7 Å². The van der Waals surface area contributed by atoms with Gasteiger partial charge in [-0.25, -0.2) is 0 Å². The van der Waals surface area contributed by atoms with E-state index in [1.54, 1.807) is 0 Å². The number of fused-ring (bicyclic) bond motifs is 1. The molecule has 4 heterocycles. The summed E-state index contributed by atoms with van der Waals surface area (Å²) in [7, 11) is 2.08. The van der Waals surface area contributed by atoms with Crippen molar-refractivity contribution in [3.8, 4) is 11.4 Å². The number of para-hydroxylation sites is 1. The molecule has 148 valence electrons. The molecule has 0 aliphatic carbocycles. The number of rotatable bonds is 4. The van der Waals surface area contributed by atoms with Crippen LogP contribution in [0.1, 0.15) is 19.8 Å². The number of anilines is 1. The van der Waals surface area contributed by atoms with Crippen LogP contribution in [-0.4, -0.2) is 57.8 Å². The fourth-order valence-electron chi connectivity index (χ4n) is 4.41. The van der Waals surface area contributed by atoms with Gasteiger partial charge in [-0.3, -0.25) is 4.57 Å². The van der Waals surface area contributed by atoms with Crippen LogP contribution in [0.4, 0.5) is 5.95 Å². The molecule has 0 radical (unpaired) electrons. The molecule has 2 aliphatic rings. The molecule has 2 atom stereocenters. The Labute approximate surface area is 164 Å². The summed E-state index contributed by atoms with van der Waals surface area (Å²) in [4.78, 5) is 2.30. The van der Waals surface area contributed by atoms with Gasteiger partial charge in [0, 0.05) is 49.4 Å². The highest BCUT2D eigenvalue weighted by Crippen LogP contribution is 2.32. The highest BCUT2D eigenvalue weighted by atomic mass is 16.5. The quantitative estimate of drug-likeness (QED) is 0.696. The van der Waals surface area contributed by atoms with Gasteiger partial charge in [-0.2, -0.15) is 0 Å². The first-order chi connectivity index (χ1) is 13.7. The minimum Gasteiger partial charge on any atom is -0.376 e. The van der Waals surface area contributed by atoms with Crippen molar-refractivity contribution in [2.75, 3.05) is 31.2 Å². The van der Waals surface area contributed by atoms with Crippen molar-refractivity contribution in [2.45, 2.75) is 38.5 Å². The molecule has 0 N–H and O–H groups in total. The third-order valence-corrected chi connectivity index (χ3v) is 5.80. The van der Waals surface area contributed by atoms with Crippen LogP contribution in [0.15, 0.2) is 30.5 Å². The molecule has 0 saturated carbocycles. The summed E-state index contributed by atoms with van der Waals surface area (Å²) in [5, 5.41) is 10.5. The minimum absolute atomic E-state index is 0.197. The second kappa shape index (κ2) is 7.22. The van der Waals surface area contributed by atoms with Gasteiger partial charge < -0.3 is 18.9 Å². The molecule has 2 fully saturated rings. The van der Waals surface area contributed by atoms with Gasteiger partial charge in [-0.1, -0.05) is 18.2 Å².